The summed E-state index contributed by atoms with van der Waals surface area (Å²) in [6, 6.07) is 16.1. The van der Waals surface area contributed by atoms with E-state index in [1.165, 1.54) is 30.5 Å². The zero-order valence-electron chi connectivity index (χ0n) is 11.9. The molecule has 1 amide bonds. The number of halogens is 1. The Morgan fingerprint density at radius 3 is 2.48 bits per heavy atom. The van der Waals surface area contributed by atoms with Crippen molar-refractivity contribution in [2.24, 2.45) is 0 Å². The van der Waals surface area contributed by atoms with Gasteiger partial charge in [-0.05, 0) is 30.3 Å². The van der Waals surface area contributed by atoms with E-state index in [4.69, 9.17) is 4.74 Å². The highest BCUT2D eigenvalue weighted by Gasteiger charge is 2.11. The summed E-state index contributed by atoms with van der Waals surface area (Å²) in [5, 5.41) is 10.5. The van der Waals surface area contributed by atoms with Crippen LogP contribution in [0.15, 0.2) is 66.9 Å². The molecule has 0 fully saturated rings. The highest BCUT2D eigenvalue weighted by molar-refractivity contribution is 5.91. The lowest BCUT2D eigenvalue weighted by Crippen LogP contribution is -2.17. The lowest BCUT2D eigenvalue weighted by Gasteiger charge is -2.10. The topological polar surface area (TPSA) is 64.1 Å². The number of carbonyl (C=O) groups excluding carboxylic acids is 1. The minimum absolute atomic E-state index is 0.243. The standard InChI is InChI=1S/C17H12FN3O2/c18-13-6-8-14(9-7-13)23-17(22)20-15-10-11-19-21-16(15)12-4-2-1-3-5-12/h1-11H,(H,19,20,22). The van der Waals surface area contributed by atoms with E-state index in [0.717, 1.165) is 5.56 Å². The summed E-state index contributed by atoms with van der Waals surface area (Å²) in [7, 11) is 0. The number of carbonyl (C=O) groups is 1. The van der Waals surface area contributed by atoms with Crippen LogP contribution in [0, 0.1) is 5.82 Å². The van der Waals surface area contributed by atoms with Gasteiger partial charge in [0.1, 0.15) is 17.3 Å². The largest absolute Gasteiger partial charge is 0.417 e. The van der Waals surface area contributed by atoms with Gasteiger partial charge >= 0.3 is 6.09 Å². The molecular formula is C17H12FN3O2. The van der Waals surface area contributed by atoms with Crippen molar-refractivity contribution in [2.45, 2.75) is 0 Å². The van der Waals surface area contributed by atoms with Gasteiger partial charge in [0.05, 0.1) is 11.9 Å². The highest BCUT2D eigenvalue weighted by atomic mass is 19.1. The van der Waals surface area contributed by atoms with Crippen LogP contribution in [0.3, 0.4) is 0 Å². The maximum Gasteiger partial charge on any atom is 0.417 e. The van der Waals surface area contributed by atoms with E-state index in [0.29, 0.717) is 11.4 Å². The molecular weight excluding hydrogens is 297 g/mol. The third-order valence-corrected chi connectivity index (χ3v) is 3.03. The number of rotatable bonds is 3. The van der Waals surface area contributed by atoms with E-state index in [1.807, 2.05) is 30.3 Å². The molecule has 0 aliphatic carbocycles. The number of ether oxygens (including phenoxy) is 1. The molecule has 0 spiro atoms. The molecule has 2 aromatic carbocycles. The average Bonchev–Trinajstić information content (AvgIpc) is 2.58. The molecule has 0 radical (unpaired) electrons. The van der Waals surface area contributed by atoms with Crippen molar-refractivity contribution in [1.29, 1.82) is 0 Å². The van der Waals surface area contributed by atoms with E-state index >= 15 is 0 Å². The van der Waals surface area contributed by atoms with Gasteiger partial charge < -0.3 is 4.74 Å². The minimum atomic E-state index is -0.693. The Kier molecular flexibility index (Phi) is 4.24. The zero-order valence-corrected chi connectivity index (χ0v) is 11.9. The van der Waals surface area contributed by atoms with E-state index < -0.39 is 11.9 Å². The summed E-state index contributed by atoms with van der Waals surface area (Å²) in [5.41, 5.74) is 1.82. The number of nitrogens with zero attached hydrogens (tertiary/aromatic N) is 2. The summed E-state index contributed by atoms with van der Waals surface area (Å²) >= 11 is 0. The molecule has 3 aromatic rings. The molecule has 3 rings (SSSR count). The van der Waals surface area contributed by atoms with Crippen molar-refractivity contribution in [3.63, 3.8) is 0 Å². The van der Waals surface area contributed by atoms with Gasteiger partial charge in [-0.25, -0.2) is 9.18 Å². The van der Waals surface area contributed by atoms with Crippen LogP contribution < -0.4 is 10.1 Å². The van der Waals surface area contributed by atoms with Crippen LogP contribution in [0.2, 0.25) is 0 Å². The quantitative estimate of drug-likeness (QED) is 0.797. The number of anilines is 1. The lowest BCUT2D eigenvalue weighted by molar-refractivity contribution is 0.215. The molecule has 0 bridgehead atoms. The zero-order chi connectivity index (χ0) is 16.1. The molecule has 0 aliphatic rings. The average molecular weight is 309 g/mol. The maximum atomic E-state index is 12.8. The summed E-state index contributed by atoms with van der Waals surface area (Å²) in [5.74, 6) is -0.158. The fourth-order valence-corrected chi connectivity index (χ4v) is 1.99. The van der Waals surface area contributed by atoms with Crippen LogP contribution in [0.5, 0.6) is 5.75 Å². The number of hydrogen-bond donors (Lipinski definition) is 1. The Bertz CT molecular complexity index is 808. The molecule has 114 valence electrons. The Morgan fingerprint density at radius 1 is 1.00 bits per heavy atom. The fraction of sp³-hybridized carbons (Fsp3) is 0. The van der Waals surface area contributed by atoms with Crippen LogP contribution in [0.1, 0.15) is 0 Å². The summed E-state index contributed by atoms with van der Waals surface area (Å²) < 4.78 is 17.9. The van der Waals surface area contributed by atoms with Gasteiger partial charge in [0.2, 0.25) is 0 Å². The maximum absolute atomic E-state index is 12.8. The Morgan fingerprint density at radius 2 is 1.74 bits per heavy atom. The second-order valence-corrected chi connectivity index (χ2v) is 4.63. The van der Waals surface area contributed by atoms with Gasteiger partial charge in [-0.3, -0.25) is 5.32 Å². The molecule has 0 atom stereocenters. The minimum Gasteiger partial charge on any atom is -0.410 e. The van der Waals surface area contributed by atoms with Crippen molar-refractivity contribution in [3.05, 3.63) is 72.7 Å². The summed E-state index contributed by atoms with van der Waals surface area (Å²) in [6.45, 7) is 0. The number of hydrogen-bond acceptors (Lipinski definition) is 4. The first-order valence-electron chi connectivity index (χ1n) is 6.84. The molecule has 0 saturated carbocycles. The van der Waals surface area contributed by atoms with Crippen molar-refractivity contribution in [1.82, 2.24) is 10.2 Å². The van der Waals surface area contributed by atoms with Gasteiger partial charge in [0, 0.05) is 5.56 Å². The van der Waals surface area contributed by atoms with Gasteiger partial charge in [-0.1, -0.05) is 30.3 Å². The Labute approximate surface area is 131 Å². The molecule has 0 saturated heterocycles. The molecule has 1 aromatic heterocycles. The highest BCUT2D eigenvalue weighted by Crippen LogP contribution is 2.24. The first kappa shape index (κ1) is 14.6. The van der Waals surface area contributed by atoms with Gasteiger partial charge in [0.25, 0.3) is 0 Å². The number of amides is 1. The van der Waals surface area contributed by atoms with Gasteiger partial charge in [-0.2, -0.15) is 5.10 Å². The van der Waals surface area contributed by atoms with Crippen molar-refractivity contribution < 1.29 is 13.9 Å². The molecule has 6 heteroatoms. The normalized spacial score (nSPS) is 10.1. The van der Waals surface area contributed by atoms with E-state index in [2.05, 4.69) is 15.5 Å². The molecule has 5 nitrogen and oxygen atoms in total. The second kappa shape index (κ2) is 6.65. The smallest absolute Gasteiger partial charge is 0.410 e. The van der Waals surface area contributed by atoms with Crippen LogP contribution in [0.25, 0.3) is 11.3 Å². The SMILES string of the molecule is O=C(Nc1ccnnc1-c1ccccc1)Oc1ccc(F)cc1. The van der Waals surface area contributed by atoms with E-state index in [9.17, 15) is 9.18 Å². The predicted octanol–water partition coefficient (Wildman–Crippen LogP) is 3.89. The predicted molar refractivity (Wildman–Crippen MR) is 83.5 cm³/mol. The number of aromatic nitrogens is 2. The van der Waals surface area contributed by atoms with Crippen LogP contribution in [0.4, 0.5) is 14.9 Å². The Balaban J connectivity index is 1.78. The first-order valence-corrected chi connectivity index (χ1v) is 6.84. The Hall–Kier alpha value is -3.28. The van der Waals surface area contributed by atoms with Crippen molar-refractivity contribution in [3.8, 4) is 17.0 Å². The van der Waals surface area contributed by atoms with Crippen LogP contribution in [-0.2, 0) is 0 Å². The lowest BCUT2D eigenvalue weighted by atomic mass is 10.1. The van der Waals surface area contributed by atoms with Gasteiger partial charge in [0.15, 0.2) is 0 Å². The second-order valence-electron chi connectivity index (χ2n) is 4.63. The summed E-state index contributed by atoms with van der Waals surface area (Å²) in [6.07, 6.45) is 0.779. The molecule has 0 aliphatic heterocycles. The third-order valence-electron chi connectivity index (χ3n) is 3.03. The van der Waals surface area contributed by atoms with Crippen molar-refractivity contribution >= 4 is 11.8 Å². The monoisotopic (exact) mass is 309 g/mol. The fourth-order valence-electron chi connectivity index (χ4n) is 1.99. The van der Waals surface area contributed by atoms with Gasteiger partial charge in [-0.15, -0.1) is 5.10 Å². The van der Waals surface area contributed by atoms with Crippen LogP contribution >= 0.6 is 0 Å². The number of nitrogens with one attached hydrogen (secondary N) is 1. The van der Waals surface area contributed by atoms with Crippen LogP contribution in [-0.4, -0.2) is 16.3 Å². The number of benzene rings is 2. The van der Waals surface area contributed by atoms with Crippen molar-refractivity contribution in [2.75, 3.05) is 5.32 Å². The molecule has 1 heterocycles. The molecule has 0 unspecified atom stereocenters. The summed E-state index contributed by atoms with van der Waals surface area (Å²) in [4.78, 5) is 12.0. The third kappa shape index (κ3) is 3.68. The molecule has 1 N–H and O–H groups in total. The first-order chi connectivity index (χ1) is 11.2. The van der Waals surface area contributed by atoms with E-state index in [-0.39, 0.29) is 5.75 Å². The molecule has 23 heavy (non-hydrogen) atoms. The van der Waals surface area contributed by atoms with E-state index in [1.54, 1.807) is 6.07 Å².